The van der Waals surface area contributed by atoms with E-state index in [1.54, 1.807) is 0 Å². The molecule has 1 saturated heterocycles. The molecular weight excluding hydrogens is 360 g/mol. The van der Waals surface area contributed by atoms with Crippen LogP contribution >= 0.6 is 0 Å². The van der Waals surface area contributed by atoms with Crippen LogP contribution in [0, 0.1) is 13.8 Å². The average Bonchev–Trinajstić information content (AvgIpc) is 2.72. The summed E-state index contributed by atoms with van der Waals surface area (Å²) in [7, 11) is 2.16. The van der Waals surface area contributed by atoms with E-state index in [1.807, 2.05) is 31.2 Å². The lowest BCUT2D eigenvalue weighted by atomic mass is 10.1. The molecular formula is C24H28N4O. The molecule has 29 heavy (non-hydrogen) atoms. The maximum atomic E-state index is 12.9. The van der Waals surface area contributed by atoms with E-state index in [4.69, 9.17) is 0 Å². The van der Waals surface area contributed by atoms with Crippen molar-refractivity contribution in [1.29, 1.82) is 0 Å². The number of nitrogens with one attached hydrogen (secondary N) is 1. The lowest BCUT2D eigenvalue weighted by Crippen LogP contribution is -2.45. The Labute approximate surface area is 172 Å². The number of piperazine rings is 1. The van der Waals surface area contributed by atoms with Crippen molar-refractivity contribution in [2.45, 2.75) is 20.4 Å². The summed E-state index contributed by atoms with van der Waals surface area (Å²) in [5.41, 5.74) is 5.85. The van der Waals surface area contributed by atoms with Crippen LogP contribution in [0.4, 0.5) is 5.69 Å². The Morgan fingerprint density at radius 3 is 2.59 bits per heavy atom. The minimum Gasteiger partial charge on any atom is -0.369 e. The average molecular weight is 389 g/mol. The van der Waals surface area contributed by atoms with Crippen LogP contribution in [0.3, 0.4) is 0 Å². The van der Waals surface area contributed by atoms with Crippen LogP contribution in [0.15, 0.2) is 48.5 Å². The van der Waals surface area contributed by atoms with Gasteiger partial charge in [0.25, 0.3) is 5.91 Å². The number of anilines is 1. The third kappa shape index (κ3) is 4.25. The van der Waals surface area contributed by atoms with Crippen molar-refractivity contribution in [1.82, 2.24) is 15.2 Å². The maximum absolute atomic E-state index is 12.9. The molecule has 5 heteroatoms. The van der Waals surface area contributed by atoms with Crippen LogP contribution in [0.5, 0.6) is 0 Å². The number of amides is 1. The Hall–Kier alpha value is -2.92. The molecule has 0 unspecified atom stereocenters. The highest BCUT2D eigenvalue weighted by atomic mass is 16.1. The number of hydrogen-bond acceptors (Lipinski definition) is 4. The number of pyridine rings is 1. The van der Waals surface area contributed by atoms with Crippen molar-refractivity contribution in [2.75, 3.05) is 38.1 Å². The molecule has 0 radical (unpaired) electrons. The van der Waals surface area contributed by atoms with Gasteiger partial charge in [0.15, 0.2) is 0 Å². The second-order valence-electron chi connectivity index (χ2n) is 7.92. The second-order valence-corrected chi connectivity index (χ2v) is 7.92. The SMILES string of the molecule is Cc1ccc2cc(C(=O)NCc3ccccc3N3CCN(C)CC3)c(C)nc2c1. The third-order valence-electron chi connectivity index (χ3n) is 5.68. The Kier molecular flexibility index (Phi) is 5.49. The number of likely N-dealkylation sites (N-methyl/N-ethyl adjacent to an activating group) is 1. The van der Waals surface area contributed by atoms with Gasteiger partial charge >= 0.3 is 0 Å². The van der Waals surface area contributed by atoms with Crippen LogP contribution in [0.2, 0.25) is 0 Å². The van der Waals surface area contributed by atoms with Crippen LogP contribution < -0.4 is 10.2 Å². The number of para-hydroxylation sites is 1. The predicted molar refractivity (Wildman–Crippen MR) is 119 cm³/mol. The first-order chi connectivity index (χ1) is 14.0. The van der Waals surface area contributed by atoms with Gasteiger partial charge in [0, 0.05) is 43.8 Å². The summed E-state index contributed by atoms with van der Waals surface area (Å²) in [6.45, 7) is 8.59. The van der Waals surface area contributed by atoms with E-state index in [2.05, 4.69) is 58.3 Å². The number of carbonyl (C=O) groups excluding carboxylic acids is 1. The van der Waals surface area contributed by atoms with E-state index in [0.29, 0.717) is 12.1 Å². The minimum atomic E-state index is -0.0781. The van der Waals surface area contributed by atoms with Gasteiger partial charge in [-0.25, -0.2) is 0 Å². The highest BCUT2D eigenvalue weighted by molar-refractivity contribution is 5.98. The fourth-order valence-electron chi connectivity index (χ4n) is 3.89. The van der Waals surface area contributed by atoms with E-state index >= 15 is 0 Å². The van der Waals surface area contributed by atoms with Gasteiger partial charge in [0.05, 0.1) is 16.8 Å². The molecule has 1 aliphatic rings. The van der Waals surface area contributed by atoms with Crippen LogP contribution in [-0.2, 0) is 6.54 Å². The van der Waals surface area contributed by atoms with E-state index in [1.165, 1.54) is 11.3 Å². The molecule has 1 N–H and O–H groups in total. The Balaban J connectivity index is 1.51. The zero-order chi connectivity index (χ0) is 20.4. The predicted octanol–water partition coefficient (Wildman–Crippen LogP) is 3.53. The topological polar surface area (TPSA) is 48.5 Å². The van der Waals surface area contributed by atoms with Gasteiger partial charge in [0.2, 0.25) is 0 Å². The Morgan fingerprint density at radius 2 is 1.79 bits per heavy atom. The monoisotopic (exact) mass is 388 g/mol. The van der Waals surface area contributed by atoms with Crippen LogP contribution in [-0.4, -0.2) is 49.0 Å². The Bertz CT molecular complexity index is 1040. The fourth-order valence-corrected chi connectivity index (χ4v) is 3.89. The first-order valence-electron chi connectivity index (χ1n) is 10.2. The molecule has 2 heterocycles. The number of aryl methyl sites for hydroxylation is 2. The third-order valence-corrected chi connectivity index (χ3v) is 5.68. The molecule has 5 nitrogen and oxygen atoms in total. The van der Waals surface area contributed by atoms with Crippen LogP contribution in [0.25, 0.3) is 10.9 Å². The summed E-state index contributed by atoms with van der Waals surface area (Å²) in [6.07, 6.45) is 0. The van der Waals surface area contributed by atoms with Gasteiger partial charge in [0.1, 0.15) is 0 Å². The number of fused-ring (bicyclic) bond motifs is 1. The standard InChI is InChI=1S/C24H28N4O/c1-17-8-9-19-15-21(18(2)26-22(19)14-17)24(29)25-16-20-6-4-5-7-23(20)28-12-10-27(3)11-13-28/h4-9,14-15H,10-13,16H2,1-3H3,(H,25,29). The van der Waals surface area contributed by atoms with Gasteiger partial charge in [-0.15, -0.1) is 0 Å². The zero-order valence-corrected chi connectivity index (χ0v) is 17.4. The number of nitrogens with zero attached hydrogens (tertiary/aromatic N) is 3. The lowest BCUT2D eigenvalue weighted by molar-refractivity contribution is 0.0950. The van der Waals surface area contributed by atoms with Gasteiger partial charge in [-0.1, -0.05) is 30.3 Å². The molecule has 0 bridgehead atoms. The number of rotatable bonds is 4. The van der Waals surface area contributed by atoms with Crippen molar-refractivity contribution >= 4 is 22.5 Å². The zero-order valence-electron chi connectivity index (χ0n) is 17.4. The summed E-state index contributed by atoms with van der Waals surface area (Å²) in [5, 5.41) is 4.09. The van der Waals surface area contributed by atoms with Crippen LogP contribution in [0.1, 0.15) is 27.2 Å². The number of benzene rings is 2. The van der Waals surface area contributed by atoms with Gasteiger partial charge in [-0.2, -0.15) is 0 Å². The normalized spacial score (nSPS) is 14.9. The number of hydrogen-bond donors (Lipinski definition) is 1. The maximum Gasteiger partial charge on any atom is 0.253 e. The summed E-state index contributed by atoms with van der Waals surface area (Å²) in [4.78, 5) is 22.3. The molecule has 1 fully saturated rings. The lowest BCUT2D eigenvalue weighted by Gasteiger charge is -2.35. The molecule has 1 aliphatic heterocycles. The molecule has 0 spiro atoms. The molecule has 150 valence electrons. The molecule has 2 aromatic carbocycles. The van der Waals surface area contributed by atoms with Gasteiger partial charge in [-0.05, 0) is 50.2 Å². The molecule has 1 aromatic heterocycles. The summed E-state index contributed by atoms with van der Waals surface area (Å²) in [6, 6.07) is 16.4. The van der Waals surface area contributed by atoms with Gasteiger partial charge < -0.3 is 15.1 Å². The minimum absolute atomic E-state index is 0.0781. The molecule has 4 rings (SSSR count). The summed E-state index contributed by atoms with van der Waals surface area (Å²) >= 11 is 0. The van der Waals surface area contributed by atoms with E-state index in [-0.39, 0.29) is 5.91 Å². The molecule has 0 aliphatic carbocycles. The van der Waals surface area contributed by atoms with E-state index in [0.717, 1.165) is 48.3 Å². The van der Waals surface area contributed by atoms with Gasteiger partial charge in [-0.3, -0.25) is 9.78 Å². The van der Waals surface area contributed by atoms with Crippen molar-refractivity contribution in [3.8, 4) is 0 Å². The largest absolute Gasteiger partial charge is 0.369 e. The van der Waals surface area contributed by atoms with E-state index in [9.17, 15) is 4.79 Å². The fraction of sp³-hybridized carbons (Fsp3) is 0.333. The van der Waals surface area contributed by atoms with E-state index < -0.39 is 0 Å². The quantitative estimate of drug-likeness (QED) is 0.743. The molecule has 0 atom stereocenters. The first kappa shape index (κ1) is 19.4. The van der Waals surface area contributed by atoms with Crippen molar-refractivity contribution in [2.24, 2.45) is 0 Å². The second kappa shape index (κ2) is 8.21. The highest BCUT2D eigenvalue weighted by Gasteiger charge is 2.18. The summed E-state index contributed by atoms with van der Waals surface area (Å²) < 4.78 is 0. The Morgan fingerprint density at radius 1 is 1.03 bits per heavy atom. The van der Waals surface area contributed by atoms with Crippen molar-refractivity contribution < 1.29 is 4.79 Å². The summed E-state index contributed by atoms with van der Waals surface area (Å²) in [5.74, 6) is -0.0781. The highest BCUT2D eigenvalue weighted by Crippen LogP contribution is 2.22. The van der Waals surface area contributed by atoms with Crippen molar-refractivity contribution in [3.05, 3.63) is 70.9 Å². The first-order valence-corrected chi connectivity index (χ1v) is 10.2. The van der Waals surface area contributed by atoms with Crippen molar-refractivity contribution in [3.63, 3.8) is 0 Å². The number of aromatic nitrogens is 1. The molecule has 1 amide bonds. The number of carbonyl (C=O) groups is 1. The smallest absolute Gasteiger partial charge is 0.253 e. The molecule has 0 saturated carbocycles. The molecule has 3 aromatic rings.